The first-order chi connectivity index (χ1) is 11.9. The number of hydrogen-bond donors (Lipinski definition) is 1. The van der Waals surface area contributed by atoms with Crippen LogP contribution in [0.15, 0.2) is 16.7 Å². The van der Waals surface area contributed by atoms with E-state index in [0.29, 0.717) is 49.4 Å². The van der Waals surface area contributed by atoms with Gasteiger partial charge >= 0.3 is 0 Å². The number of carbonyl (C=O) groups excluding carboxylic acids is 2. The van der Waals surface area contributed by atoms with Crippen molar-refractivity contribution in [3.63, 3.8) is 0 Å². The fourth-order valence-corrected chi connectivity index (χ4v) is 2.64. The molecule has 2 aromatic rings. The van der Waals surface area contributed by atoms with Crippen LogP contribution >= 0.6 is 0 Å². The zero-order valence-electron chi connectivity index (χ0n) is 14.4. The largest absolute Gasteiger partial charge is 0.360 e. The number of anilines is 2. The van der Waals surface area contributed by atoms with E-state index in [4.69, 9.17) is 4.52 Å². The molecule has 0 aliphatic carbocycles. The molecule has 9 nitrogen and oxygen atoms in total. The van der Waals surface area contributed by atoms with Crippen LogP contribution < -0.4 is 10.2 Å². The summed E-state index contributed by atoms with van der Waals surface area (Å²) < 4.78 is 4.94. The van der Waals surface area contributed by atoms with E-state index < -0.39 is 0 Å². The minimum Gasteiger partial charge on any atom is -0.360 e. The van der Waals surface area contributed by atoms with Crippen LogP contribution in [0.3, 0.4) is 0 Å². The van der Waals surface area contributed by atoms with Gasteiger partial charge in [0.1, 0.15) is 11.5 Å². The van der Waals surface area contributed by atoms with Gasteiger partial charge in [-0.05, 0) is 19.9 Å². The lowest BCUT2D eigenvalue weighted by Gasteiger charge is -2.34. The Morgan fingerprint density at radius 1 is 1.12 bits per heavy atom. The zero-order chi connectivity index (χ0) is 18.0. The number of carbonyl (C=O) groups is 2. The summed E-state index contributed by atoms with van der Waals surface area (Å²) in [6, 6.07) is 3.26. The predicted octanol–water partition coefficient (Wildman–Crippen LogP) is 1.00. The molecular weight excluding hydrogens is 324 g/mol. The van der Waals surface area contributed by atoms with Crippen molar-refractivity contribution >= 4 is 23.6 Å². The lowest BCUT2D eigenvalue weighted by atomic mass is 10.3. The van der Waals surface area contributed by atoms with E-state index in [1.807, 2.05) is 11.8 Å². The van der Waals surface area contributed by atoms with Gasteiger partial charge in [0.25, 0.3) is 5.91 Å². The second-order valence-corrected chi connectivity index (χ2v) is 5.96. The smallest absolute Gasteiger partial charge is 0.275 e. The fraction of sp³-hybridized carbons (Fsp3) is 0.438. The van der Waals surface area contributed by atoms with Crippen LogP contribution in [-0.4, -0.2) is 58.0 Å². The Morgan fingerprint density at radius 3 is 2.44 bits per heavy atom. The third-order valence-corrected chi connectivity index (χ3v) is 3.95. The van der Waals surface area contributed by atoms with E-state index in [1.54, 1.807) is 30.9 Å². The normalized spacial score (nSPS) is 14.5. The second-order valence-electron chi connectivity index (χ2n) is 5.96. The van der Waals surface area contributed by atoms with Gasteiger partial charge in [-0.15, -0.1) is 0 Å². The minimum absolute atomic E-state index is 0.0628. The van der Waals surface area contributed by atoms with Crippen molar-refractivity contribution < 1.29 is 14.1 Å². The van der Waals surface area contributed by atoms with Crippen LogP contribution in [0.1, 0.15) is 28.9 Å². The number of aromatic nitrogens is 3. The van der Waals surface area contributed by atoms with Crippen LogP contribution in [-0.2, 0) is 4.79 Å². The molecule has 2 amide bonds. The van der Waals surface area contributed by atoms with Crippen LogP contribution in [0.25, 0.3) is 0 Å². The molecule has 1 N–H and O–H groups in total. The lowest BCUT2D eigenvalue weighted by Crippen LogP contribution is -2.48. The number of rotatable bonds is 3. The number of nitrogens with zero attached hydrogens (tertiary/aromatic N) is 5. The van der Waals surface area contributed by atoms with Gasteiger partial charge in [0.05, 0.1) is 0 Å². The zero-order valence-corrected chi connectivity index (χ0v) is 14.4. The van der Waals surface area contributed by atoms with Crippen molar-refractivity contribution in [2.75, 3.05) is 36.4 Å². The van der Waals surface area contributed by atoms with E-state index >= 15 is 0 Å². The number of aryl methyl sites for hydroxylation is 2. The summed E-state index contributed by atoms with van der Waals surface area (Å²) >= 11 is 0. The number of amides is 2. The molecule has 0 aromatic carbocycles. The predicted molar refractivity (Wildman–Crippen MR) is 90.4 cm³/mol. The Bertz CT molecular complexity index is 795. The highest BCUT2D eigenvalue weighted by molar-refractivity contribution is 6.02. The highest BCUT2D eigenvalue weighted by atomic mass is 16.5. The monoisotopic (exact) mass is 344 g/mol. The molecule has 0 saturated carbocycles. The van der Waals surface area contributed by atoms with Crippen molar-refractivity contribution in [2.24, 2.45) is 0 Å². The van der Waals surface area contributed by atoms with Crippen molar-refractivity contribution in [1.29, 1.82) is 0 Å². The highest BCUT2D eigenvalue weighted by Gasteiger charge is 2.22. The first-order valence-corrected chi connectivity index (χ1v) is 8.03. The molecule has 1 saturated heterocycles. The molecule has 1 fully saturated rings. The van der Waals surface area contributed by atoms with E-state index in [9.17, 15) is 9.59 Å². The Hall–Kier alpha value is -2.97. The third kappa shape index (κ3) is 3.93. The first kappa shape index (κ1) is 16.9. The summed E-state index contributed by atoms with van der Waals surface area (Å²) in [7, 11) is 0. The van der Waals surface area contributed by atoms with Gasteiger partial charge < -0.3 is 19.6 Å². The van der Waals surface area contributed by atoms with Crippen molar-refractivity contribution in [2.45, 2.75) is 20.8 Å². The second kappa shape index (κ2) is 6.88. The first-order valence-electron chi connectivity index (χ1n) is 8.03. The fourth-order valence-electron chi connectivity index (χ4n) is 2.64. The average molecular weight is 344 g/mol. The standard InChI is InChI=1S/C16H20N6O3/c1-10-8-13(15(24)19-14-9-11(2)25-20-14)18-16(17-10)22-6-4-21(5-7-22)12(3)23/h8-9H,4-7H2,1-3H3,(H,19,20,24). The molecule has 0 unspecified atom stereocenters. The van der Waals surface area contributed by atoms with Gasteiger partial charge in [-0.1, -0.05) is 5.16 Å². The maximum atomic E-state index is 12.4. The Kier molecular flexibility index (Phi) is 4.64. The van der Waals surface area contributed by atoms with Gasteiger partial charge in [0.2, 0.25) is 11.9 Å². The summed E-state index contributed by atoms with van der Waals surface area (Å²) in [5, 5.41) is 6.40. The maximum absolute atomic E-state index is 12.4. The molecule has 132 valence electrons. The van der Waals surface area contributed by atoms with Crippen LogP contribution in [0.2, 0.25) is 0 Å². The number of piperazine rings is 1. The summed E-state index contributed by atoms with van der Waals surface area (Å²) in [5.41, 5.74) is 0.956. The van der Waals surface area contributed by atoms with Gasteiger partial charge in [0.15, 0.2) is 5.82 Å². The molecule has 1 aliphatic rings. The van der Waals surface area contributed by atoms with Crippen LogP contribution in [0, 0.1) is 13.8 Å². The third-order valence-electron chi connectivity index (χ3n) is 3.95. The van der Waals surface area contributed by atoms with Gasteiger partial charge in [0, 0.05) is 44.9 Å². The van der Waals surface area contributed by atoms with E-state index in [0.717, 1.165) is 0 Å². The summed E-state index contributed by atoms with van der Waals surface area (Å²) in [4.78, 5) is 36.4. The van der Waals surface area contributed by atoms with Gasteiger partial charge in [-0.2, -0.15) is 0 Å². The van der Waals surface area contributed by atoms with Crippen LogP contribution in [0.4, 0.5) is 11.8 Å². The minimum atomic E-state index is -0.373. The Labute approximate surface area is 145 Å². The molecule has 0 spiro atoms. The molecular formula is C16H20N6O3. The molecule has 3 heterocycles. The molecule has 1 aliphatic heterocycles. The summed E-state index contributed by atoms with van der Waals surface area (Å²) in [5.74, 6) is 1.13. The quantitative estimate of drug-likeness (QED) is 0.885. The number of nitrogens with one attached hydrogen (secondary N) is 1. The summed E-state index contributed by atoms with van der Waals surface area (Å²) in [6.45, 7) is 7.62. The maximum Gasteiger partial charge on any atom is 0.275 e. The number of hydrogen-bond acceptors (Lipinski definition) is 7. The lowest BCUT2D eigenvalue weighted by molar-refractivity contribution is -0.129. The van der Waals surface area contributed by atoms with Gasteiger partial charge in [-0.25, -0.2) is 9.97 Å². The molecule has 2 aromatic heterocycles. The van der Waals surface area contributed by atoms with Crippen molar-refractivity contribution in [3.05, 3.63) is 29.3 Å². The van der Waals surface area contributed by atoms with E-state index in [1.165, 1.54) is 0 Å². The molecule has 9 heteroatoms. The van der Waals surface area contributed by atoms with E-state index in [-0.39, 0.29) is 17.5 Å². The van der Waals surface area contributed by atoms with Crippen molar-refractivity contribution in [3.8, 4) is 0 Å². The van der Waals surface area contributed by atoms with Crippen LogP contribution in [0.5, 0.6) is 0 Å². The SMILES string of the molecule is CC(=O)N1CCN(c2nc(C)cc(C(=O)Nc3cc(C)on3)n2)CC1. The molecule has 0 bridgehead atoms. The average Bonchev–Trinajstić information content (AvgIpc) is 2.99. The molecule has 3 rings (SSSR count). The topological polar surface area (TPSA) is 104 Å². The highest BCUT2D eigenvalue weighted by Crippen LogP contribution is 2.15. The molecule has 0 atom stereocenters. The summed E-state index contributed by atoms with van der Waals surface area (Å²) in [6.07, 6.45) is 0. The van der Waals surface area contributed by atoms with Crippen molar-refractivity contribution in [1.82, 2.24) is 20.0 Å². The molecule has 25 heavy (non-hydrogen) atoms. The van der Waals surface area contributed by atoms with E-state index in [2.05, 4.69) is 20.4 Å². The molecule has 0 radical (unpaired) electrons. The van der Waals surface area contributed by atoms with Gasteiger partial charge in [-0.3, -0.25) is 9.59 Å². The Balaban J connectivity index is 1.74. The Morgan fingerprint density at radius 2 is 1.84 bits per heavy atom.